The van der Waals surface area contributed by atoms with E-state index in [0.29, 0.717) is 29.1 Å². The van der Waals surface area contributed by atoms with Gasteiger partial charge in [0.15, 0.2) is 6.29 Å². The molecule has 0 N–H and O–H groups in total. The zero-order valence-electron chi connectivity index (χ0n) is 15.6. The van der Waals surface area contributed by atoms with Gasteiger partial charge in [-0.25, -0.2) is 4.98 Å². The molecule has 2 aromatic carbocycles. The van der Waals surface area contributed by atoms with Gasteiger partial charge in [-0.2, -0.15) is 0 Å². The van der Waals surface area contributed by atoms with Crippen molar-refractivity contribution in [2.24, 2.45) is 0 Å². The number of aromatic nitrogens is 1. The van der Waals surface area contributed by atoms with Crippen LogP contribution in [0.5, 0.6) is 5.75 Å². The standard InChI is InChI=1S/C22H19ClN2O3/c1-25(22(27)19-6-4-3-5-17(19)14-26)13-15-11-20(21(23)24-12-15)16-7-9-18(28-2)10-8-16/h3-12,14H,13H2,1-2H3. The summed E-state index contributed by atoms with van der Waals surface area (Å²) in [5.41, 5.74) is 3.25. The molecule has 28 heavy (non-hydrogen) atoms. The van der Waals surface area contributed by atoms with Crippen LogP contribution in [-0.2, 0) is 6.54 Å². The first-order chi connectivity index (χ1) is 13.5. The summed E-state index contributed by atoms with van der Waals surface area (Å²) in [5.74, 6) is 0.520. The highest BCUT2D eigenvalue weighted by Gasteiger charge is 2.16. The highest BCUT2D eigenvalue weighted by Crippen LogP contribution is 2.29. The predicted octanol–water partition coefficient (Wildman–Crippen LogP) is 4.50. The van der Waals surface area contributed by atoms with Crippen LogP contribution >= 0.6 is 11.6 Å². The van der Waals surface area contributed by atoms with E-state index < -0.39 is 0 Å². The van der Waals surface area contributed by atoms with Crippen LogP contribution in [0.3, 0.4) is 0 Å². The number of benzene rings is 2. The Morgan fingerprint density at radius 3 is 2.57 bits per heavy atom. The quantitative estimate of drug-likeness (QED) is 0.456. The summed E-state index contributed by atoms with van der Waals surface area (Å²) in [7, 11) is 3.30. The number of hydrogen-bond acceptors (Lipinski definition) is 4. The summed E-state index contributed by atoms with van der Waals surface area (Å²) in [4.78, 5) is 29.7. The molecule has 5 nitrogen and oxygen atoms in total. The zero-order valence-corrected chi connectivity index (χ0v) is 16.3. The monoisotopic (exact) mass is 394 g/mol. The summed E-state index contributed by atoms with van der Waals surface area (Å²) < 4.78 is 5.18. The SMILES string of the molecule is COc1ccc(-c2cc(CN(C)C(=O)c3ccccc3C=O)cnc2Cl)cc1. The molecule has 1 aromatic heterocycles. The number of amides is 1. The molecule has 0 saturated heterocycles. The van der Waals surface area contributed by atoms with Crippen molar-refractivity contribution < 1.29 is 14.3 Å². The lowest BCUT2D eigenvalue weighted by atomic mass is 10.0. The number of carbonyl (C=O) groups is 2. The van der Waals surface area contributed by atoms with Crippen molar-refractivity contribution >= 4 is 23.8 Å². The Labute approximate surface area is 168 Å². The molecule has 0 aliphatic carbocycles. The van der Waals surface area contributed by atoms with Gasteiger partial charge in [-0.05, 0) is 35.4 Å². The molecule has 0 aliphatic heterocycles. The van der Waals surface area contributed by atoms with Crippen LogP contribution in [0.15, 0.2) is 60.8 Å². The first-order valence-electron chi connectivity index (χ1n) is 8.62. The molecule has 0 unspecified atom stereocenters. The largest absolute Gasteiger partial charge is 0.497 e. The average molecular weight is 395 g/mol. The number of pyridine rings is 1. The van der Waals surface area contributed by atoms with Gasteiger partial charge in [-0.3, -0.25) is 9.59 Å². The van der Waals surface area contributed by atoms with Crippen LogP contribution in [0, 0.1) is 0 Å². The van der Waals surface area contributed by atoms with Crippen molar-refractivity contribution in [3.05, 3.63) is 82.6 Å². The van der Waals surface area contributed by atoms with Crippen LogP contribution in [0.2, 0.25) is 5.15 Å². The van der Waals surface area contributed by atoms with Crippen molar-refractivity contribution in [3.63, 3.8) is 0 Å². The Hall–Kier alpha value is -3.18. The lowest BCUT2D eigenvalue weighted by Gasteiger charge is -2.18. The van der Waals surface area contributed by atoms with Gasteiger partial charge in [0, 0.05) is 30.9 Å². The molecule has 0 saturated carbocycles. The van der Waals surface area contributed by atoms with Crippen LogP contribution in [0.25, 0.3) is 11.1 Å². The topological polar surface area (TPSA) is 59.5 Å². The van der Waals surface area contributed by atoms with Gasteiger partial charge in [-0.15, -0.1) is 0 Å². The Balaban J connectivity index is 1.84. The third-order valence-corrected chi connectivity index (χ3v) is 4.68. The van der Waals surface area contributed by atoms with Crippen molar-refractivity contribution in [1.82, 2.24) is 9.88 Å². The fourth-order valence-corrected chi connectivity index (χ4v) is 3.11. The van der Waals surface area contributed by atoms with Crippen LogP contribution in [0.4, 0.5) is 0 Å². The molecule has 0 aliphatic rings. The van der Waals surface area contributed by atoms with Gasteiger partial charge in [0.25, 0.3) is 5.91 Å². The number of ether oxygens (including phenoxy) is 1. The fraction of sp³-hybridized carbons (Fsp3) is 0.136. The van der Waals surface area contributed by atoms with Crippen LogP contribution in [0.1, 0.15) is 26.3 Å². The second kappa shape index (κ2) is 8.67. The molecule has 1 heterocycles. The van der Waals surface area contributed by atoms with E-state index in [0.717, 1.165) is 22.4 Å². The summed E-state index contributed by atoms with van der Waals surface area (Å²) in [6, 6.07) is 16.2. The Morgan fingerprint density at radius 2 is 1.89 bits per heavy atom. The number of hydrogen-bond donors (Lipinski definition) is 0. The minimum absolute atomic E-state index is 0.233. The highest BCUT2D eigenvalue weighted by molar-refractivity contribution is 6.32. The molecule has 142 valence electrons. The number of nitrogens with zero attached hydrogens (tertiary/aromatic N) is 2. The Bertz CT molecular complexity index is 1000. The number of halogens is 1. The van der Waals surface area contributed by atoms with Crippen molar-refractivity contribution in [1.29, 1.82) is 0 Å². The molecule has 0 radical (unpaired) electrons. The fourth-order valence-electron chi connectivity index (χ4n) is 2.90. The normalized spacial score (nSPS) is 10.4. The molecule has 6 heteroatoms. The smallest absolute Gasteiger partial charge is 0.254 e. The maximum absolute atomic E-state index is 12.7. The minimum atomic E-state index is -0.233. The summed E-state index contributed by atoms with van der Waals surface area (Å²) >= 11 is 6.28. The van der Waals surface area contributed by atoms with E-state index in [4.69, 9.17) is 16.3 Å². The summed E-state index contributed by atoms with van der Waals surface area (Å²) in [6.07, 6.45) is 2.33. The van der Waals surface area contributed by atoms with E-state index in [1.807, 2.05) is 30.3 Å². The van der Waals surface area contributed by atoms with E-state index in [-0.39, 0.29) is 5.91 Å². The third kappa shape index (κ3) is 4.21. The van der Waals surface area contributed by atoms with Gasteiger partial charge in [-0.1, -0.05) is 41.9 Å². The maximum atomic E-state index is 12.7. The first kappa shape index (κ1) is 19.6. The van der Waals surface area contributed by atoms with E-state index >= 15 is 0 Å². The molecule has 3 aromatic rings. The summed E-state index contributed by atoms with van der Waals surface area (Å²) in [5, 5.41) is 0.384. The van der Waals surface area contributed by atoms with E-state index in [1.165, 1.54) is 0 Å². The number of methoxy groups -OCH3 is 1. The van der Waals surface area contributed by atoms with Gasteiger partial charge >= 0.3 is 0 Å². The lowest BCUT2D eigenvalue weighted by molar-refractivity contribution is 0.0782. The van der Waals surface area contributed by atoms with Gasteiger partial charge < -0.3 is 9.64 Å². The predicted molar refractivity (Wildman–Crippen MR) is 109 cm³/mol. The molecule has 0 bridgehead atoms. The number of aldehydes is 1. The van der Waals surface area contributed by atoms with Crippen LogP contribution < -0.4 is 4.74 Å². The molecule has 1 amide bonds. The van der Waals surface area contributed by atoms with Gasteiger partial charge in [0.2, 0.25) is 0 Å². The van der Waals surface area contributed by atoms with Crippen LogP contribution in [-0.4, -0.2) is 36.2 Å². The first-order valence-corrected chi connectivity index (χ1v) is 8.99. The van der Waals surface area contributed by atoms with Gasteiger partial charge in [0.05, 0.1) is 12.7 Å². The van der Waals surface area contributed by atoms with E-state index in [9.17, 15) is 9.59 Å². The van der Waals surface area contributed by atoms with E-state index in [1.54, 1.807) is 49.5 Å². The van der Waals surface area contributed by atoms with Crippen molar-refractivity contribution in [3.8, 4) is 16.9 Å². The average Bonchev–Trinajstić information content (AvgIpc) is 2.74. The van der Waals surface area contributed by atoms with Crippen molar-refractivity contribution in [2.75, 3.05) is 14.2 Å². The second-order valence-corrected chi connectivity index (χ2v) is 6.63. The second-order valence-electron chi connectivity index (χ2n) is 6.28. The molecular weight excluding hydrogens is 376 g/mol. The Morgan fingerprint density at radius 1 is 1.18 bits per heavy atom. The number of carbonyl (C=O) groups excluding carboxylic acids is 2. The third-order valence-electron chi connectivity index (χ3n) is 4.38. The highest BCUT2D eigenvalue weighted by atomic mass is 35.5. The van der Waals surface area contributed by atoms with Gasteiger partial charge in [0.1, 0.15) is 10.9 Å². The maximum Gasteiger partial charge on any atom is 0.254 e. The molecule has 0 fully saturated rings. The van der Waals surface area contributed by atoms with Crippen molar-refractivity contribution in [2.45, 2.75) is 6.54 Å². The molecular formula is C22H19ClN2O3. The minimum Gasteiger partial charge on any atom is -0.497 e. The molecule has 0 atom stereocenters. The lowest BCUT2D eigenvalue weighted by Crippen LogP contribution is -2.27. The number of rotatable bonds is 6. The zero-order chi connectivity index (χ0) is 20.1. The van der Waals surface area contributed by atoms with E-state index in [2.05, 4.69) is 4.98 Å². The summed E-state index contributed by atoms with van der Waals surface area (Å²) in [6.45, 7) is 0.333. The molecule has 3 rings (SSSR count). The molecule has 0 spiro atoms. The Kier molecular flexibility index (Phi) is 6.06.